The number of ether oxygens (including phenoxy) is 2. The molecule has 2 aromatic rings. The molecule has 2 N–H and O–H groups in total. The summed E-state index contributed by atoms with van der Waals surface area (Å²) in [5.41, 5.74) is 6.31. The second-order valence-electron chi connectivity index (χ2n) is 4.39. The predicted octanol–water partition coefficient (Wildman–Crippen LogP) is 5.40. The average molecular weight is 375 g/mol. The number of nitrogen functional groups attached to an aromatic ring is 1. The Morgan fingerprint density at radius 1 is 1.19 bits per heavy atom. The predicted molar refractivity (Wildman–Crippen MR) is 85.8 cm³/mol. The second-order valence-corrected chi connectivity index (χ2v) is 5.65. The van der Waals surface area contributed by atoms with Gasteiger partial charge in [0.2, 0.25) is 0 Å². The highest BCUT2D eigenvalue weighted by Crippen LogP contribution is 2.35. The number of nitrogens with two attached hydrogens (primary N) is 1. The van der Waals surface area contributed by atoms with E-state index in [4.69, 9.17) is 26.8 Å². The molecule has 0 saturated heterocycles. The van der Waals surface area contributed by atoms with Crippen LogP contribution in [0.4, 0.5) is 10.1 Å². The molecule has 0 saturated carbocycles. The third-order valence-corrected chi connectivity index (χ3v) is 3.49. The fraction of sp³-hybridized carbons (Fsp3) is 0.200. The normalized spacial score (nSPS) is 10.5. The Kier molecular flexibility index (Phi) is 5.31. The van der Waals surface area contributed by atoms with E-state index in [9.17, 15) is 4.39 Å². The summed E-state index contributed by atoms with van der Waals surface area (Å²) < 4.78 is 25.2. The van der Waals surface area contributed by atoms with Crippen LogP contribution in [-0.4, -0.2) is 6.61 Å². The van der Waals surface area contributed by atoms with Crippen LogP contribution in [0.1, 0.15) is 13.3 Å². The number of hydrogen-bond donors (Lipinski definition) is 1. The first-order valence-corrected chi connectivity index (χ1v) is 7.52. The van der Waals surface area contributed by atoms with Crippen molar-refractivity contribution < 1.29 is 13.9 Å². The van der Waals surface area contributed by atoms with Crippen molar-refractivity contribution in [1.29, 1.82) is 0 Å². The number of halogens is 3. The smallest absolute Gasteiger partial charge is 0.145 e. The Hall–Kier alpha value is -1.46. The van der Waals surface area contributed by atoms with Crippen molar-refractivity contribution in [2.75, 3.05) is 12.3 Å². The standard InChI is InChI=1S/C15H14BrClFNO2/c1-2-3-20-10-4-9(19)5-11(6-10)21-15-8-14(18)13(17)7-12(15)16/h4-8H,2-3,19H2,1H3. The summed E-state index contributed by atoms with van der Waals surface area (Å²) >= 11 is 8.98. The molecule has 0 amide bonds. The van der Waals surface area contributed by atoms with Crippen LogP contribution in [0.3, 0.4) is 0 Å². The van der Waals surface area contributed by atoms with Gasteiger partial charge in [-0.2, -0.15) is 0 Å². The Balaban J connectivity index is 2.27. The number of benzene rings is 2. The van der Waals surface area contributed by atoms with Crippen LogP contribution >= 0.6 is 27.5 Å². The van der Waals surface area contributed by atoms with Gasteiger partial charge >= 0.3 is 0 Å². The van der Waals surface area contributed by atoms with Crippen LogP contribution in [0.15, 0.2) is 34.8 Å². The highest BCUT2D eigenvalue weighted by Gasteiger charge is 2.10. The summed E-state index contributed by atoms with van der Waals surface area (Å²) in [6, 6.07) is 7.69. The lowest BCUT2D eigenvalue weighted by Gasteiger charge is -2.12. The maximum atomic E-state index is 13.5. The van der Waals surface area contributed by atoms with Gasteiger partial charge in [-0.15, -0.1) is 0 Å². The number of hydrogen-bond acceptors (Lipinski definition) is 3. The van der Waals surface area contributed by atoms with Crippen molar-refractivity contribution in [3.63, 3.8) is 0 Å². The van der Waals surface area contributed by atoms with E-state index in [-0.39, 0.29) is 5.02 Å². The maximum absolute atomic E-state index is 13.5. The summed E-state index contributed by atoms with van der Waals surface area (Å²) in [4.78, 5) is 0. The van der Waals surface area contributed by atoms with E-state index >= 15 is 0 Å². The first-order chi connectivity index (χ1) is 9.99. The number of rotatable bonds is 5. The minimum Gasteiger partial charge on any atom is -0.493 e. The van der Waals surface area contributed by atoms with Gasteiger partial charge in [-0.1, -0.05) is 18.5 Å². The molecule has 2 aromatic carbocycles. The first kappa shape index (κ1) is 15.9. The van der Waals surface area contributed by atoms with Crippen molar-refractivity contribution in [2.45, 2.75) is 13.3 Å². The van der Waals surface area contributed by atoms with E-state index in [1.54, 1.807) is 18.2 Å². The van der Waals surface area contributed by atoms with Crippen LogP contribution in [0.25, 0.3) is 0 Å². The lowest BCUT2D eigenvalue weighted by molar-refractivity contribution is 0.316. The largest absolute Gasteiger partial charge is 0.493 e. The third kappa shape index (κ3) is 4.25. The molecular weight excluding hydrogens is 361 g/mol. The van der Waals surface area contributed by atoms with Gasteiger partial charge in [0.25, 0.3) is 0 Å². The lowest BCUT2D eigenvalue weighted by atomic mass is 10.2. The van der Waals surface area contributed by atoms with Crippen LogP contribution in [0.2, 0.25) is 5.02 Å². The molecule has 21 heavy (non-hydrogen) atoms. The summed E-state index contributed by atoms with van der Waals surface area (Å²) in [6.07, 6.45) is 0.888. The SMILES string of the molecule is CCCOc1cc(N)cc(Oc2cc(F)c(Cl)cc2Br)c1. The van der Waals surface area contributed by atoms with E-state index in [2.05, 4.69) is 15.9 Å². The van der Waals surface area contributed by atoms with Crippen molar-refractivity contribution in [3.8, 4) is 17.2 Å². The molecular formula is C15H14BrClFNO2. The van der Waals surface area contributed by atoms with E-state index in [0.717, 1.165) is 6.42 Å². The zero-order valence-corrected chi connectivity index (χ0v) is 13.7. The molecule has 0 radical (unpaired) electrons. The summed E-state index contributed by atoms with van der Waals surface area (Å²) in [5, 5.41) is 0.0220. The fourth-order valence-electron chi connectivity index (χ4n) is 1.67. The molecule has 2 rings (SSSR count). The Morgan fingerprint density at radius 2 is 1.90 bits per heavy atom. The van der Waals surface area contributed by atoms with Gasteiger partial charge in [-0.3, -0.25) is 0 Å². The van der Waals surface area contributed by atoms with Crippen LogP contribution in [-0.2, 0) is 0 Å². The van der Waals surface area contributed by atoms with Crippen molar-refractivity contribution in [3.05, 3.63) is 45.6 Å². The summed E-state index contributed by atoms with van der Waals surface area (Å²) in [7, 11) is 0. The second kappa shape index (κ2) is 7.00. The quantitative estimate of drug-likeness (QED) is 0.562. The molecule has 0 heterocycles. The highest BCUT2D eigenvalue weighted by atomic mass is 79.9. The zero-order valence-electron chi connectivity index (χ0n) is 11.3. The third-order valence-electron chi connectivity index (χ3n) is 2.58. The molecule has 0 fully saturated rings. The molecule has 6 heteroatoms. The van der Waals surface area contributed by atoms with Gasteiger partial charge in [0.05, 0.1) is 16.1 Å². The minimum atomic E-state index is -0.554. The Labute approximate surface area is 135 Å². The highest BCUT2D eigenvalue weighted by molar-refractivity contribution is 9.10. The molecule has 0 unspecified atom stereocenters. The first-order valence-electron chi connectivity index (χ1n) is 6.35. The van der Waals surface area contributed by atoms with Crippen molar-refractivity contribution in [2.24, 2.45) is 0 Å². The zero-order chi connectivity index (χ0) is 15.4. The molecule has 0 aliphatic rings. The van der Waals surface area contributed by atoms with Gasteiger partial charge in [-0.05, 0) is 28.4 Å². The van der Waals surface area contributed by atoms with Gasteiger partial charge in [0.15, 0.2) is 0 Å². The topological polar surface area (TPSA) is 44.5 Å². The maximum Gasteiger partial charge on any atom is 0.145 e. The summed E-state index contributed by atoms with van der Waals surface area (Å²) in [5.74, 6) is 0.825. The van der Waals surface area contributed by atoms with E-state index in [1.165, 1.54) is 12.1 Å². The Morgan fingerprint density at radius 3 is 2.62 bits per heavy atom. The molecule has 0 atom stereocenters. The minimum absolute atomic E-state index is 0.0220. The number of anilines is 1. The monoisotopic (exact) mass is 373 g/mol. The van der Waals surface area contributed by atoms with E-state index in [0.29, 0.717) is 34.0 Å². The summed E-state index contributed by atoms with van der Waals surface area (Å²) in [6.45, 7) is 2.60. The van der Waals surface area contributed by atoms with Crippen molar-refractivity contribution in [1.82, 2.24) is 0 Å². The van der Waals surface area contributed by atoms with Gasteiger partial charge < -0.3 is 15.2 Å². The molecule has 112 valence electrons. The van der Waals surface area contributed by atoms with Crippen molar-refractivity contribution >= 4 is 33.2 Å². The van der Waals surface area contributed by atoms with E-state index in [1.807, 2.05) is 6.92 Å². The molecule has 0 spiro atoms. The van der Waals surface area contributed by atoms with Crippen LogP contribution < -0.4 is 15.2 Å². The van der Waals surface area contributed by atoms with Gasteiger partial charge in [0, 0.05) is 30.0 Å². The molecule has 0 aliphatic heterocycles. The van der Waals surface area contributed by atoms with Crippen LogP contribution in [0, 0.1) is 5.82 Å². The lowest BCUT2D eigenvalue weighted by Crippen LogP contribution is -1.97. The molecule has 0 aliphatic carbocycles. The Bertz CT molecular complexity index is 652. The van der Waals surface area contributed by atoms with E-state index < -0.39 is 5.82 Å². The average Bonchev–Trinajstić information content (AvgIpc) is 2.42. The fourth-order valence-corrected chi connectivity index (χ4v) is 2.39. The van der Waals surface area contributed by atoms with Gasteiger partial charge in [-0.25, -0.2) is 4.39 Å². The molecule has 0 bridgehead atoms. The van der Waals surface area contributed by atoms with Crippen LogP contribution in [0.5, 0.6) is 17.2 Å². The van der Waals surface area contributed by atoms with Gasteiger partial charge in [0.1, 0.15) is 23.1 Å². The molecule has 0 aromatic heterocycles. The molecule has 3 nitrogen and oxygen atoms in total.